The number of thiazole rings is 1. The first kappa shape index (κ1) is 15.2. The van der Waals surface area contributed by atoms with E-state index in [4.69, 9.17) is 0 Å². The average molecular weight is 357 g/mol. The van der Waals surface area contributed by atoms with Crippen LogP contribution in [0.1, 0.15) is 30.5 Å². The molecular weight excluding hydrogens is 340 g/mol. The highest BCUT2D eigenvalue weighted by molar-refractivity contribution is 9.10. The van der Waals surface area contributed by atoms with Gasteiger partial charge in [0.1, 0.15) is 4.47 Å². The van der Waals surface area contributed by atoms with Crippen molar-refractivity contribution in [3.63, 3.8) is 0 Å². The quantitative estimate of drug-likeness (QED) is 0.894. The maximum atomic E-state index is 11.7. The molecule has 20 heavy (non-hydrogen) atoms. The van der Waals surface area contributed by atoms with Crippen LogP contribution in [-0.2, 0) is 13.5 Å². The Morgan fingerprint density at radius 2 is 2.25 bits per heavy atom. The van der Waals surface area contributed by atoms with Crippen LogP contribution in [0.3, 0.4) is 0 Å². The zero-order valence-electron chi connectivity index (χ0n) is 11.7. The Bertz CT molecular complexity index is 650. The molecule has 0 amide bonds. The molecule has 0 radical (unpaired) electrons. The van der Waals surface area contributed by atoms with E-state index in [0.717, 1.165) is 17.1 Å². The molecule has 0 saturated heterocycles. The van der Waals surface area contributed by atoms with Gasteiger partial charge in [0.25, 0.3) is 5.56 Å². The van der Waals surface area contributed by atoms with E-state index in [9.17, 15) is 4.79 Å². The second kappa shape index (κ2) is 6.49. The molecule has 1 N–H and O–H groups in total. The zero-order valence-corrected chi connectivity index (χ0v) is 14.1. The lowest BCUT2D eigenvalue weighted by Crippen LogP contribution is -2.21. The van der Waals surface area contributed by atoms with E-state index < -0.39 is 0 Å². The normalized spacial score (nSPS) is 11.1. The fraction of sp³-hybridized carbons (Fsp3) is 0.462. The van der Waals surface area contributed by atoms with Gasteiger partial charge in [-0.2, -0.15) is 5.10 Å². The third kappa shape index (κ3) is 3.46. The van der Waals surface area contributed by atoms with Gasteiger partial charge in [0, 0.05) is 31.3 Å². The largest absolute Gasteiger partial charge is 0.382 e. The first-order chi connectivity index (χ1) is 9.49. The average Bonchev–Trinajstić information content (AvgIpc) is 2.88. The number of aromatic nitrogens is 3. The molecule has 108 valence electrons. The van der Waals surface area contributed by atoms with Gasteiger partial charge >= 0.3 is 0 Å². The molecule has 2 rings (SSSR count). The van der Waals surface area contributed by atoms with Crippen LogP contribution >= 0.6 is 27.3 Å². The van der Waals surface area contributed by atoms with E-state index in [1.165, 1.54) is 4.68 Å². The van der Waals surface area contributed by atoms with Crippen molar-refractivity contribution < 1.29 is 0 Å². The lowest BCUT2D eigenvalue weighted by Gasteiger charge is -2.07. The summed E-state index contributed by atoms with van der Waals surface area (Å²) in [7, 11) is 1.62. The lowest BCUT2D eigenvalue weighted by atomic mass is 10.2. The fourth-order valence-corrected chi connectivity index (χ4v) is 3.03. The van der Waals surface area contributed by atoms with Crippen LogP contribution in [0, 0.1) is 0 Å². The van der Waals surface area contributed by atoms with Crippen LogP contribution in [-0.4, -0.2) is 21.3 Å². The molecule has 2 aromatic rings. The van der Waals surface area contributed by atoms with Crippen molar-refractivity contribution >= 4 is 33.0 Å². The number of aryl methyl sites for hydroxylation is 1. The van der Waals surface area contributed by atoms with Crippen LogP contribution in [0.25, 0.3) is 0 Å². The van der Waals surface area contributed by atoms with E-state index >= 15 is 0 Å². The lowest BCUT2D eigenvalue weighted by molar-refractivity contribution is 0.703. The molecule has 0 unspecified atom stereocenters. The smallest absolute Gasteiger partial charge is 0.282 e. The van der Waals surface area contributed by atoms with Crippen molar-refractivity contribution in [3.8, 4) is 0 Å². The highest BCUT2D eigenvalue weighted by atomic mass is 79.9. The van der Waals surface area contributed by atoms with Crippen LogP contribution in [0.2, 0.25) is 0 Å². The number of hydrogen-bond acceptors (Lipinski definition) is 5. The molecule has 7 heteroatoms. The summed E-state index contributed by atoms with van der Waals surface area (Å²) in [5.41, 5.74) is 1.65. The molecule has 0 atom stereocenters. The van der Waals surface area contributed by atoms with Crippen LogP contribution in [0.15, 0.2) is 20.8 Å². The summed E-state index contributed by atoms with van der Waals surface area (Å²) in [5, 5.41) is 10.5. The SMILES string of the molecule is CC(C)c1nc(CCNc2cnn(C)c(=O)c2Br)cs1. The van der Waals surface area contributed by atoms with Crippen molar-refractivity contribution in [2.75, 3.05) is 11.9 Å². The predicted molar refractivity (Wildman–Crippen MR) is 85.6 cm³/mol. The number of rotatable bonds is 5. The monoisotopic (exact) mass is 356 g/mol. The Hall–Kier alpha value is -1.21. The van der Waals surface area contributed by atoms with E-state index in [-0.39, 0.29) is 5.56 Å². The molecule has 0 aliphatic carbocycles. The molecule has 0 aliphatic heterocycles. The summed E-state index contributed by atoms with van der Waals surface area (Å²) >= 11 is 4.99. The van der Waals surface area contributed by atoms with Crippen molar-refractivity contribution in [2.45, 2.75) is 26.2 Å². The molecule has 0 spiro atoms. The van der Waals surface area contributed by atoms with E-state index in [1.807, 2.05) is 0 Å². The minimum absolute atomic E-state index is 0.147. The van der Waals surface area contributed by atoms with Gasteiger partial charge in [-0.15, -0.1) is 11.3 Å². The summed E-state index contributed by atoms with van der Waals surface area (Å²) in [6.45, 7) is 5.00. The van der Waals surface area contributed by atoms with Crippen molar-refractivity contribution in [2.24, 2.45) is 7.05 Å². The Labute approximate surface area is 130 Å². The maximum Gasteiger partial charge on any atom is 0.282 e. The molecule has 0 aromatic carbocycles. The third-order valence-corrected chi connectivity index (χ3v) is 4.80. The predicted octanol–water partition coefficient (Wildman–Crippen LogP) is 2.78. The van der Waals surface area contributed by atoms with Crippen molar-refractivity contribution in [1.82, 2.24) is 14.8 Å². The van der Waals surface area contributed by atoms with Crippen LogP contribution < -0.4 is 10.9 Å². The summed E-state index contributed by atoms with van der Waals surface area (Å²) in [5.74, 6) is 0.470. The highest BCUT2D eigenvalue weighted by Crippen LogP contribution is 2.20. The van der Waals surface area contributed by atoms with Gasteiger partial charge in [0.15, 0.2) is 0 Å². The molecule has 0 saturated carbocycles. The Kier molecular flexibility index (Phi) is 4.93. The molecule has 2 aromatic heterocycles. The topological polar surface area (TPSA) is 59.8 Å². The second-order valence-electron chi connectivity index (χ2n) is 4.81. The van der Waals surface area contributed by atoms with Gasteiger partial charge in [-0.3, -0.25) is 4.79 Å². The highest BCUT2D eigenvalue weighted by Gasteiger charge is 2.08. The Morgan fingerprint density at radius 1 is 1.50 bits per heavy atom. The Balaban J connectivity index is 1.96. The summed E-state index contributed by atoms with van der Waals surface area (Å²) < 4.78 is 1.81. The molecule has 0 aliphatic rings. The number of hydrogen-bond donors (Lipinski definition) is 1. The van der Waals surface area contributed by atoms with Gasteiger partial charge in [0.05, 0.1) is 22.6 Å². The zero-order chi connectivity index (χ0) is 14.7. The van der Waals surface area contributed by atoms with Gasteiger partial charge < -0.3 is 5.32 Å². The summed E-state index contributed by atoms with van der Waals surface area (Å²) in [4.78, 5) is 16.3. The minimum Gasteiger partial charge on any atom is -0.382 e. The first-order valence-corrected chi connectivity index (χ1v) is 8.06. The number of nitrogens with one attached hydrogen (secondary N) is 1. The number of nitrogens with zero attached hydrogens (tertiary/aromatic N) is 3. The van der Waals surface area contributed by atoms with Crippen LogP contribution in [0.5, 0.6) is 0 Å². The van der Waals surface area contributed by atoms with Gasteiger partial charge in [-0.1, -0.05) is 13.8 Å². The van der Waals surface area contributed by atoms with Gasteiger partial charge in [0.2, 0.25) is 0 Å². The first-order valence-electron chi connectivity index (χ1n) is 6.39. The fourth-order valence-electron chi connectivity index (χ4n) is 1.66. The molecule has 0 fully saturated rings. The number of anilines is 1. The standard InChI is InChI=1S/C13H17BrN4OS/c1-8(2)12-17-9(7-20-12)4-5-15-10-6-16-18(3)13(19)11(10)14/h6-8,15H,4-5H2,1-3H3. The third-order valence-electron chi connectivity index (χ3n) is 2.84. The van der Waals surface area contributed by atoms with Crippen molar-refractivity contribution in [3.05, 3.63) is 37.1 Å². The Morgan fingerprint density at radius 3 is 2.90 bits per heavy atom. The minimum atomic E-state index is -0.147. The van der Waals surface area contributed by atoms with Gasteiger partial charge in [-0.05, 0) is 15.9 Å². The van der Waals surface area contributed by atoms with Crippen molar-refractivity contribution in [1.29, 1.82) is 0 Å². The summed E-state index contributed by atoms with van der Waals surface area (Å²) in [6, 6.07) is 0. The maximum absolute atomic E-state index is 11.7. The molecule has 2 heterocycles. The van der Waals surface area contributed by atoms with E-state index in [0.29, 0.717) is 22.6 Å². The molecular formula is C13H17BrN4OS. The van der Waals surface area contributed by atoms with E-state index in [1.54, 1.807) is 24.6 Å². The molecule has 0 bridgehead atoms. The van der Waals surface area contributed by atoms with Gasteiger partial charge in [-0.25, -0.2) is 9.67 Å². The van der Waals surface area contributed by atoms with E-state index in [2.05, 4.69) is 50.6 Å². The number of halogens is 1. The second-order valence-corrected chi connectivity index (χ2v) is 6.49. The van der Waals surface area contributed by atoms with Crippen LogP contribution in [0.4, 0.5) is 5.69 Å². The summed E-state index contributed by atoms with van der Waals surface area (Å²) in [6.07, 6.45) is 2.47. The molecule has 5 nitrogen and oxygen atoms in total.